The minimum Gasteiger partial charge on any atom is -0.440 e. The van der Waals surface area contributed by atoms with Gasteiger partial charge in [-0.1, -0.05) is 20.8 Å². The van der Waals surface area contributed by atoms with E-state index in [0.717, 1.165) is 11.1 Å². The molecule has 0 amide bonds. The van der Waals surface area contributed by atoms with Crippen LogP contribution < -0.4 is 5.56 Å². The lowest BCUT2D eigenvalue weighted by atomic mass is 10.0. The van der Waals surface area contributed by atoms with Gasteiger partial charge in [-0.2, -0.15) is 0 Å². The maximum absolute atomic E-state index is 12.1. The first-order valence-corrected chi connectivity index (χ1v) is 10.7. The fraction of sp³-hybridized carbons (Fsp3) is 0.400. The maximum Gasteiger partial charge on any atom is 0.253 e. The largest absolute Gasteiger partial charge is 0.440 e. The summed E-state index contributed by atoms with van der Waals surface area (Å²) >= 11 is 0. The molecule has 0 fully saturated rings. The Morgan fingerprint density at radius 3 is 2.52 bits per heavy atom. The zero-order chi connectivity index (χ0) is 19.9. The Morgan fingerprint density at radius 1 is 1.22 bits per heavy atom. The third-order valence-corrected chi connectivity index (χ3v) is 6.21. The predicted molar refractivity (Wildman–Crippen MR) is 107 cm³/mol. The molecule has 7 heteroatoms. The molecule has 2 aromatic heterocycles. The highest BCUT2D eigenvalue weighted by atomic mass is 32.2. The Labute approximate surface area is 158 Å². The molecule has 3 aromatic rings. The SMILES string of the molecule is CCS(=O)(=O)Cc1cc(-c2cc(C)c(=O)n(C)c2)c2oc(C(C)C)nc2c1. The summed E-state index contributed by atoms with van der Waals surface area (Å²) in [6.45, 7) is 7.37. The van der Waals surface area contributed by atoms with Gasteiger partial charge in [0.05, 0.1) is 5.75 Å². The molecular weight excluding hydrogens is 364 g/mol. The number of oxazole rings is 1. The first kappa shape index (κ1) is 19.4. The molecule has 0 saturated carbocycles. The van der Waals surface area contributed by atoms with Crippen LogP contribution in [0.1, 0.15) is 43.7 Å². The first-order valence-electron chi connectivity index (χ1n) is 8.92. The van der Waals surface area contributed by atoms with E-state index in [0.29, 0.717) is 28.1 Å². The second-order valence-electron chi connectivity index (χ2n) is 7.20. The van der Waals surface area contributed by atoms with E-state index in [1.54, 1.807) is 39.2 Å². The van der Waals surface area contributed by atoms with E-state index in [2.05, 4.69) is 4.98 Å². The monoisotopic (exact) mass is 388 g/mol. The standard InChI is InChI=1S/C20H24N2O4S/c1-6-27(24,25)11-14-8-16(15-7-13(4)20(23)22(5)10-15)18-17(9-14)21-19(26-18)12(2)3/h7-10,12H,6,11H2,1-5H3. The summed E-state index contributed by atoms with van der Waals surface area (Å²) in [6.07, 6.45) is 1.74. The smallest absolute Gasteiger partial charge is 0.253 e. The molecule has 0 unspecified atom stereocenters. The molecule has 27 heavy (non-hydrogen) atoms. The fourth-order valence-electron chi connectivity index (χ4n) is 3.03. The van der Waals surface area contributed by atoms with Crippen LogP contribution in [0.2, 0.25) is 0 Å². The van der Waals surface area contributed by atoms with E-state index in [-0.39, 0.29) is 23.0 Å². The van der Waals surface area contributed by atoms with Crippen molar-refractivity contribution in [1.29, 1.82) is 0 Å². The van der Waals surface area contributed by atoms with Crippen molar-refractivity contribution in [3.8, 4) is 11.1 Å². The van der Waals surface area contributed by atoms with Gasteiger partial charge in [0.1, 0.15) is 5.52 Å². The first-order chi connectivity index (χ1) is 12.6. The van der Waals surface area contributed by atoms with Gasteiger partial charge in [0.25, 0.3) is 5.56 Å². The highest BCUT2D eigenvalue weighted by Gasteiger charge is 2.18. The Balaban J connectivity index is 2.30. The summed E-state index contributed by atoms with van der Waals surface area (Å²) in [4.78, 5) is 16.6. The number of rotatable bonds is 5. The summed E-state index contributed by atoms with van der Waals surface area (Å²) in [5.74, 6) is 0.731. The summed E-state index contributed by atoms with van der Waals surface area (Å²) in [7, 11) is -1.49. The van der Waals surface area contributed by atoms with Crippen molar-refractivity contribution < 1.29 is 12.8 Å². The molecule has 2 heterocycles. The second kappa shape index (κ2) is 6.96. The van der Waals surface area contributed by atoms with E-state index in [1.165, 1.54) is 4.57 Å². The molecule has 1 aromatic carbocycles. The molecule has 0 N–H and O–H groups in total. The fourth-order valence-corrected chi connectivity index (χ4v) is 3.91. The van der Waals surface area contributed by atoms with Crippen molar-refractivity contribution in [3.05, 3.63) is 51.8 Å². The van der Waals surface area contributed by atoms with Crippen molar-refractivity contribution in [1.82, 2.24) is 9.55 Å². The van der Waals surface area contributed by atoms with Crippen molar-refractivity contribution in [2.45, 2.75) is 39.4 Å². The molecule has 0 bridgehead atoms. The minimum absolute atomic E-state index is 0.0545. The van der Waals surface area contributed by atoms with Crippen molar-refractivity contribution in [2.75, 3.05) is 5.75 Å². The van der Waals surface area contributed by atoms with Crippen molar-refractivity contribution in [2.24, 2.45) is 7.05 Å². The number of hydrogen-bond acceptors (Lipinski definition) is 5. The highest BCUT2D eigenvalue weighted by Crippen LogP contribution is 2.33. The lowest BCUT2D eigenvalue weighted by Gasteiger charge is -2.09. The number of hydrogen-bond donors (Lipinski definition) is 0. The maximum atomic E-state index is 12.1. The Morgan fingerprint density at radius 2 is 1.93 bits per heavy atom. The number of sulfone groups is 1. The molecule has 0 aliphatic heterocycles. The van der Waals surface area contributed by atoms with Crippen LogP contribution in [0.4, 0.5) is 0 Å². The molecule has 0 aliphatic carbocycles. The highest BCUT2D eigenvalue weighted by molar-refractivity contribution is 7.90. The molecule has 0 aliphatic rings. The van der Waals surface area contributed by atoms with E-state index in [1.807, 2.05) is 19.9 Å². The Hall–Kier alpha value is -2.41. The quantitative estimate of drug-likeness (QED) is 0.667. The van der Waals surface area contributed by atoms with Gasteiger partial charge in [-0.05, 0) is 30.7 Å². The van der Waals surface area contributed by atoms with Crippen LogP contribution in [0.25, 0.3) is 22.2 Å². The van der Waals surface area contributed by atoms with E-state index in [9.17, 15) is 13.2 Å². The van der Waals surface area contributed by atoms with Gasteiger partial charge < -0.3 is 8.98 Å². The zero-order valence-corrected chi connectivity index (χ0v) is 17.1. The number of fused-ring (bicyclic) bond motifs is 1. The van der Waals surface area contributed by atoms with Crippen LogP contribution in [0, 0.1) is 6.92 Å². The summed E-state index contributed by atoms with van der Waals surface area (Å²) < 4.78 is 31.8. The normalized spacial score (nSPS) is 12.2. The van der Waals surface area contributed by atoms with Gasteiger partial charge in [-0.3, -0.25) is 4.79 Å². The number of aryl methyl sites for hydroxylation is 2. The molecule has 0 saturated heterocycles. The van der Waals surface area contributed by atoms with E-state index in [4.69, 9.17) is 4.42 Å². The van der Waals surface area contributed by atoms with Gasteiger partial charge in [-0.25, -0.2) is 13.4 Å². The van der Waals surface area contributed by atoms with Crippen molar-refractivity contribution >= 4 is 20.9 Å². The summed E-state index contributed by atoms with van der Waals surface area (Å²) in [5, 5.41) is 0. The third kappa shape index (κ3) is 3.83. The lowest BCUT2D eigenvalue weighted by Crippen LogP contribution is -2.18. The molecule has 3 rings (SSSR count). The van der Waals surface area contributed by atoms with Crippen LogP contribution in [0.15, 0.2) is 33.6 Å². The average Bonchev–Trinajstić information content (AvgIpc) is 3.02. The van der Waals surface area contributed by atoms with Gasteiger partial charge >= 0.3 is 0 Å². The summed E-state index contributed by atoms with van der Waals surface area (Å²) in [6, 6.07) is 5.40. The average molecular weight is 388 g/mol. The number of aromatic nitrogens is 2. The van der Waals surface area contributed by atoms with E-state index >= 15 is 0 Å². The van der Waals surface area contributed by atoms with Gasteiger partial charge in [0.2, 0.25) is 0 Å². The van der Waals surface area contributed by atoms with Crippen molar-refractivity contribution in [3.63, 3.8) is 0 Å². The molecule has 6 nitrogen and oxygen atoms in total. The van der Waals surface area contributed by atoms with Gasteiger partial charge in [-0.15, -0.1) is 0 Å². The minimum atomic E-state index is -3.19. The van der Waals surface area contributed by atoms with Gasteiger partial charge in [0, 0.05) is 41.6 Å². The third-order valence-electron chi connectivity index (χ3n) is 4.56. The number of benzene rings is 1. The lowest BCUT2D eigenvalue weighted by molar-refractivity contribution is 0.502. The molecule has 144 valence electrons. The van der Waals surface area contributed by atoms with Crippen LogP contribution in [-0.4, -0.2) is 23.7 Å². The molecule has 0 atom stereocenters. The zero-order valence-electron chi connectivity index (χ0n) is 16.2. The number of pyridine rings is 1. The molecule has 0 radical (unpaired) electrons. The Bertz CT molecular complexity index is 1140. The van der Waals surface area contributed by atoms with Crippen LogP contribution in [-0.2, 0) is 22.6 Å². The van der Waals surface area contributed by atoms with Crippen LogP contribution >= 0.6 is 0 Å². The molecular formula is C20H24N2O4S. The van der Waals surface area contributed by atoms with E-state index < -0.39 is 9.84 Å². The van der Waals surface area contributed by atoms with Crippen LogP contribution in [0.3, 0.4) is 0 Å². The van der Waals surface area contributed by atoms with Crippen LogP contribution in [0.5, 0.6) is 0 Å². The predicted octanol–water partition coefficient (Wildman–Crippen LogP) is 3.56. The Kier molecular flexibility index (Phi) is 4.99. The van der Waals surface area contributed by atoms with Gasteiger partial charge in [0.15, 0.2) is 21.3 Å². The molecule has 0 spiro atoms. The summed E-state index contributed by atoms with van der Waals surface area (Å²) in [5.41, 5.74) is 3.97. The topological polar surface area (TPSA) is 82.2 Å². The second-order valence-corrected chi connectivity index (χ2v) is 9.56. The number of nitrogens with zero attached hydrogens (tertiary/aromatic N) is 2.